The van der Waals surface area contributed by atoms with Gasteiger partial charge in [0.2, 0.25) is 11.7 Å². The SMILES string of the molecule is CC(=O)NC(C(=O)Nc1ccc(Br)cc1-c1nn[nH]n1)c1cccc(Br)c1. The number of nitrogens with one attached hydrogen (secondary N) is 3. The van der Waals surface area contributed by atoms with Crippen molar-refractivity contribution in [2.45, 2.75) is 13.0 Å². The Morgan fingerprint density at radius 1 is 1.11 bits per heavy atom. The van der Waals surface area contributed by atoms with Crippen molar-refractivity contribution in [2.75, 3.05) is 5.32 Å². The van der Waals surface area contributed by atoms with E-state index < -0.39 is 11.9 Å². The standard InChI is InChI=1S/C17H14Br2N6O2/c1-9(26)20-15(10-3-2-4-11(18)7-10)17(27)21-14-6-5-12(19)8-13(14)16-22-24-25-23-16/h2-8,15H,1H3,(H,20,26)(H,21,27)(H,22,23,24,25). The highest BCUT2D eigenvalue weighted by Crippen LogP contribution is 2.29. The molecule has 0 radical (unpaired) electrons. The molecular formula is C17H14Br2N6O2. The first-order chi connectivity index (χ1) is 12.9. The number of anilines is 1. The molecule has 0 fully saturated rings. The summed E-state index contributed by atoms with van der Waals surface area (Å²) in [6.45, 7) is 1.36. The fourth-order valence-corrected chi connectivity index (χ4v) is 3.26. The minimum atomic E-state index is -0.859. The number of nitrogens with zero attached hydrogens (tertiary/aromatic N) is 3. The van der Waals surface area contributed by atoms with Crippen LogP contribution in [-0.4, -0.2) is 32.4 Å². The fraction of sp³-hybridized carbons (Fsp3) is 0.118. The molecule has 0 aliphatic carbocycles. The second-order valence-electron chi connectivity index (χ2n) is 5.60. The van der Waals surface area contributed by atoms with E-state index in [1.165, 1.54) is 6.92 Å². The van der Waals surface area contributed by atoms with E-state index >= 15 is 0 Å². The minimum absolute atomic E-state index is 0.315. The number of hydrogen-bond donors (Lipinski definition) is 3. The largest absolute Gasteiger partial charge is 0.341 e. The van der Waals surface area contributed by atoms with Gasteiger partial charge in [0.15, 0.2) is 0 Å². The Bertz CT molecular complexity index is 977. The third-order valence-corrected chi connectivity index (χ3v) is 4.60. The van der Waals surface area contributed by atoms with Crippen molar-refractivity contribution < 1.29 is 9.59 Å². The molecule has 0 saturated carbocycles. The molecule has 3 aromatic rings. The summed E-state index contributed by atoms with van der Waals surface area (Å²) in [6, 6.07) is 11.6. The summed E-state index contributed by atoms with van der Waals surface area (Å²) in [5.41, 5.74) is 1.73. The lowest BCUT2D eigenvalue weighted by Crippen LogP contribution is -2.35. The van der Waals surface area contributed by atoms with Gasteiger partial charge in [0.1, 0.15) is 6.04 Å². The number of carbonyl (C=O) groups excluding carboxylic acids is 2. The number of rotatable bonds is 5. The van der Waals surface area contributed by atoms with Crippen LogP contribution in [0.15, 0.2) is 51.4 Å². The summed E-state index contributed by atoms with van der Waals surface area (Å²) >= 11 is 6.78. The fourth-order valence-electron chi connectivity index (χ4n) is 2.48. The van der Waals surface area contributed by atoms with Crippen LogP contribution in [0.1, 0.15) is 18.5 Å². The van der Waals surface area contributed by atoms with Gasteiger partial charge in [-0.15, -0.1) is 10.2 Å². The van der Waals surface area contributed by atoms with Crippen LogP contribution in [0.5, 0.6) is 0 Å². The number of carbonyl (C=O) groups is 2. The van der Waals surface area contributed by atoms with Crippen molar-refractivity contribution in [2.24, 2.45) is 0 Å². The maximum atomic E-state index is 12.9. The van der Waals surface area contributed by atoms with E-state index in [0.717, 1.165) is 8.95 Å². The van der Waals surface area contributed by atoms with Gasteiger partial charge in [0.05, 0.1) is 5.69 Å². The molecule has 0 saturated heterocycles. The Morgan fingerprint density at radius 3 is 2.56 bits per heavy atom. The maximum Gasteiger partial charge on any atom is 0.251 e. The highest BCUT2D eigenvalue weighted by molar-refractivity contribution is 9.10. The first kappa shape index (κ1) is 19.2. The molecule has 138 valence electrons. The first-order valence-electron chi connectivity index (χ1n) is 7.81. The highest BCUT2D eigenvalue weighted by Gasteiger charge is 2.23. The zero-order valence-electron chi connectivity index (χ0n) is 14.0. The number of halogens is 2. The molecule has 10 heteroatoms. The summed E-state index contributed by atoms with van der Waals surface area (Å²) < 4.78 is 1.60. The molecule has 2 aromatic carbocycles. The van der Waals surface area contributed by atoms with E-state index in [1.54, 1.807) is 36.4 Å². The molecule has 1 heterocycles. The molecule has 1 aromatic heterocycles. The van der Waals surface area contributed by atoms with Gasteiger partial charge in [-0.3, -0.25) is 9.59 Å². The number of benzene rings is 2. The molecule has 3 rings (SSSR count). The Hall–Kier alpha value is -2.59. The van der Waals surface area contributed by atoms with E-state index in [4.69, 9.17) is 0 Å². The molecule has 0 aliphatic rings. The lowest BCUT2D eigenvalue weighted by Gasteiger charge is -2.19. The monoisotopic (exact) mass is 492 g/mol. The van der Waals surface area contributed by atoms with Gasteiger partial charge < -0.3 is 10.6 Å². The van der Waals surface area contributed by atoms with E-state index in [9.17, 15) is 9.59 Å². The number of aromatic nitrogens is 4. The molecule has 1 atom stereocenters. The van der Waals surface area contributed by atoms with Crippen LogP contribution >= 0.6 is 31.9 Å². The zero-order valence-corrected chi connectivity index (χ0v) is 17.2. The Balaban J connectivity index is 1.93. The Kier molecular flexibility index (Phi) is 5.97. The molecule has 2 amide bonds. The van der Waals surface area contributed by atoms with Crippen molar-refractivity contribution in [3.8, 4) is 11.4 Å². The molecule has 27 heavy (non-hydrogen) atoms. The van der Waals surface area contributed by atoms with Crippen LogP contribution < -0.4 is 10.6 Å². The van der Waals surface area contributed by atoms with Gasteiger partial charge in [-0.05, 0) is 41.1 Å². The summed E-state index contributed by atoms with van der Waals surface area (Å²) in [6.07, 6.45) is 0. The molecule has 1 unspecified atom stereocenters. The summed E-state index contributed by atoms with van der Waals surface area (Å²) in [5.74, 6) is -0.371. The number of amides is 2. The first-order valence-corrected chi connectivity index (χ1v) is 9.39. The number of hydrogen-bond acceptors (Lipinski definition) is 5. The quantitative estimate of drug-likeness (QED) is 0.505. The lowest BCUT2D eigenvalue weighted by atomic mass is 10.1. The van der Waals surface area contributed by atoms with Crippen LogP contribution in [0.4, 0.5) is 5.69 Å². The summed E-state index contributed by atoms with van der Waals surface area (Å²) in [5, 5.41) is 19.4. The normalized spacial score (nSPS) is 11.7. The topological polar surface area (TPSA) is 113 Å². The predicted molar refractivity (Wildman–Crippen MR) is 107 cm³/mol. The van der Waals surface area contributed by atoms with Gasteiger partial charge in [0.25, 0.3) is 5.91 Å². The van der Waals surface area contributed by atoms with Crippen molar-refractivity contribution in [3.05, 3.63) is 57.0 Å². The molecular weight excluding hydrogens is 480 g/mol. The van der Waals surface area contributed by atoms with Gasteiger partial charge in [-0.25, -0.2) is 0 Å². The van der Waals surface area contributed by atoms with Crippen LogP contribution in [0.3, 0.4) is 0 Å². The van der Waals surface area contributed by atoms with Gasteiger partial charge >= 0.3 is 0 Å². The Labute approximate surface area is 171 Å². The Morgan fingerprint density at radius 2 is 1.89 bits per heavy atom. The second-order valence-corrected chi connectivity index (χ2v) is 7.43. The van der Waals surface area contributed by atoms with Crippen LogP contribution in [0.25, 0.3) is 11.4 Å². The summed E-state index contributed by atoms with van der Waals surface area (Å²) in [7, 11) is 0. The second kappa shape index (κ2) is 8.40. The van der Waals surface area contributed by atoms with E-state index in [-0.39, 0.29) is 5.91 Å². The molecule has 0 spiro atoms. The van der Waals surface area contributed by atoms with Crippen molar-refractivity contribution in [1.29, 1.82) is 0 Å². The third kappa shape index (κ3) is 4.77. The number of tetrazole rings is 1. The summed E-state index contributed by atoms with van der Waals surface area (Å²) in [4.78, 5) is 24.6. The molecule has 3 N–H and O–H groups in total. The van der Waals surface area contributed by atoms with E-state index in [2.05, 4.69) is 63.1 Å². The van der Waals surface area contributed by atoms with E-state index in [0.29, 0.717) is 22.6 Å². The number of aromatic amines is 1. The zero-order chi connectivity index (χ0) is 19.4. The van der Waals surface area contributed by atoms with E-state index in [1.807, 2.05) is 6.07 Å². The maximum absolute atomic E-state index is 12.9. The van der Waals surface area contributed by atoms with Crippen molar-refractivity contribution >= 4 is 49.4 Å². The highest BCUT2D eigenvalue weighted by atomic mass is 79.9. The van der Waals surface area contributed by atoms with Crippen molar-refractivity contribution in [1.82, 2.24) is 25.9 Å². The smallest absolute Gasteiger partial charge is 0.251 e. The third-order valence-electron chi connectivity index (χ3n) is 3.62. The van der Waals surface area contributed by atoms with Gasteiger partial charge in [0, 0.05) is 21.4 Å². The minimum Gasteiger partial charge on any atom is -0.341 e. The van der Waals surface area contributed by atoms with Crippen LogP contribution in [0, 0.1) is 0 Å². The number of H-pyrrole nitrogens is 1. The van der Waals surface area contributed by atoms with Crippen molar-refractivity contribution in [3.63, 3.8) is 0 Å². The molecule has 0 aliphatic heterocycles. The molecule has 0 bridgehead atoms. The van der Waals surface area contributed by atoms with Gasteiger partial charge in [-0.2, -0.15) is 5.21 Å². The predicted octanol–water partition coefficient (Wildman–Crippen LogP) is 3.21. The molecule has 8 nitrogen and oxygen atoms in total. The van der Waals surface area contributed by atoms with Gasteiger partial charge in [-0.1, -0.05) is 44.0 Å². The average Bonchev–Trinajstić information content (AvgIpc) is 3.15. The lowest BCUT2D eigenvalue weighted by molar-refractivity contribution is -0.125. The van der Waals surface area contributed by atoms with Crippen LogP contribution in [0.2, 0.25) is 0 Å². The van der Waals surface area contributed by atoms with Crippen LogP contribution in [-0.2, 0) is 9.59 Å². The average molecular weight is 494 g/mol.